The van der Waals surface area contributed by atoms with Crippen LogP contribution in [0.5, 0.6) is 0 Å². The molecule has 6 heteroatoms. The minimum Gasteiger partial charge on any atom is -0.461 e. The zero-order valence-corrected chi connectivity index (χ0v) is 15.4. The van der Waals surface area contributed by atoms with Gasteiger partial charge in [-0.2, -0.15) is 0 Å². The average Bonchev–Trinajstić information content (AvgIpc) is 3.22. The van der Waals surface area contributed by atoms with Gasteiger partial charge in [0.2, 0.25) is 0 Å². The lowest BCUT2D eigenvalue weighted by atomic mass is 9.53. The normalized spacial score (nSPS) is 48.3. The Morgan fingerprint density at radius 2 is 1.92 bits per heavy atom. The van der Waals surface area contributed by atoms with Gasteiger partial charge in [0.05, 0.1) is 5.41 Å². The fourth-order valence-electron chi connectivity index (χ4n) is 6.15. The summed E-state index contributed by atoms with van der Waals surface area (Å²) in [6.07, 6.45) is 3.43. The van der Waals surface area contributed by atoms with E-state index in [2.05, 4.69) is 20.8 Å². The van der Waals surface area contributed by atoms with Crippen LogP contribution in [0.3, 0.4) is 0 Å². The van der Waals surface area contributed by atoms with Crippen molar-refractivity contribution in [2.75, 3.05) is 14.2 Å². The van der Waals surface area contributed by atoms with Crippen molar-refractivity contribution >= 4 is 11.8 Å². The Hall–Kier alpha value is -1.24. The van der Waals surface area contributed by atoms with Crippen LogP contribution in [-0.2, 0) is 28.5 Å². The van der Waals surface area contributed by atoms with Crippen molar-refractivity contribution in [3.63, 3.8) is 0 Å². The summed E-state index contributed by atoms with van der Waals surface area (Å²) in [5.41, 5.74) is -1.34. The molecule has 2 aliphatic heterocycles. The zero-order chi connectivity index (χ0) is 18.2. The van der Waals surface area contributed by atoms with Gasteiger partial charge in [0.1, 0.15) is 12.0 Å². The molecule has 2 spiro atoms. The summed E-state index contributed by atoms with van der Waals surface area (Å²) in [6.45, 7) is 6.55. The van der Waals surface area contributed by atoms with Gasteiger partial charge in [0, 0.05) is 26.1 Å². The fraction of sp³-hybridized carbons (Fsp3) is 0.789. The van der Waals surface area contributed by atoms with Gasteiger partial charge in [-0.05, 0) is 23.8 Å². The van der Waals surface area contributed by atoms with E-state index in [0.717, 1.165) is 0 Å². The van der Waals surface area contributed by atoms with E-state index < -0.39 is 35.3 Å². The van der Waals surface area contributed by atoms with Gasteiger partial charge in [-0.15, -0.1) is 0 Å². The molecule has 2 heterocycles. The lowest BCUT2D eigenvalue weighted by Gasteiger charge is -2.49. The highest BCUT2D eigenvalue weighted by molar-refractivity contribution is 6.10. The third-order valence-electron chi connectivity index (χ3n) is 6.91. The third-order valence-corrected chi connectivity index (χ3v) is 6.91. The quantitative estimate of drug-likeness (QED) is 0.561. The molecule has 3 fully saturated rings. The van der Waals surface area contributed by atoms with Gasteiger partial charge in [0.25, 0.3) is 0 Å². The van der Waals surface area contributed by atoms with E-state index in [-0.39, 0.29) is 23.2 Å². The number of allylic oxidation sites excluding steroid dienone is 1. The first kappa shape index (κ1) is 17.2. The van der Waals surface area contributed by atoms with Gasteiger partial charge < -0.3 is 18.9 Å². The van der Waals surface area contributed by atoms with Crippen LogP contribution in [-0.4, -0.2) is 44.7 Å². The molecule has 4 rings (SSSR count). The van der Waals surface area contributed by atoms with Crippen LogP contribution in [0.25, 0.3) is 0 Å². The molecule has 0 N–H and O–H groups in total. The highest BCUT2D eigenvalue weighted by Crippen LogP contribution is 2.74. The number of hydrogen-bond donors (Lipinski definition) is 0. The third kappa shape index (κ3) is 1.85. The number of rotatable bonds is 2. The minimum atomic E-state index is -0.790. The molecule has 2 saturated heterocycles. The molecule has 7 atom stereocenters. The van der Waals surface area contributed by atoms with Crippen molar-refractivity contribution in [3.05, 3.63) is 12.2 Å². The first-order chi connectivity index (χ1) is 11.7. The minimum absolute atomic E-state index is 0.0711. The number of hydrogen-bond acceptors (Lipinski definition) is 6. The van der Waals surface area contributed by atoms with Gasteiger partial charge >= 0.3 is 5.97 Å². The van der Waals surface area contributed by atoms with Crippen molar-refractivity contribution in [2.45, 2.75) is 52.3 Å². The SMILES string of the molecule is CO[C@@H]1CC2([C@H](OC)O1)[C@H](C(C)(C)C)C[C@H]1OC(=O)[C@@H]3C(=O)C=CC312. The van der Waals surface area contributed by atoms with E-state index in [0.29, 0.717) is 12.8 Å². The molecule has 2 unspecified atom stereocenters. The summed E-state index contributed by atoms with van der Waals surface area (Å²) in [6, 6.07) is 0. The number of ketones is 1. The maximum atomic E-state index is 12.5. The fourth-order valence-corrected chi connectivity index (χ4v) is 6.15. The highest BCUT2D eigenvalue weighted by Gasteiger charge is 2.81. The van der Waals surface area contributed by atoms with Crippen LogP contribution in [0.2, 0.25) is 0 Å². The predicted octanol–water partition coefficient (Wildman–Crippen LogP) is 2.07. The van der Waals surface area contributed by atoms with Crippen molar-refractivity contribution in [1.82, 2.24) is 0 Å². The monoisotopic (exact) mass is 350 g/mol. The summed E-state index contributed by atoms with van der Waals surface area (Å²) < 4.78 is 23.0. The molecule has 0 radical (unpaired) electrons. The van der Waals surface area contributed by atoms with Crippen LogP contribution in [0, 0.1) is 28.1 Å². The summed E-state index contributed by atoms with van der Waals surface area (Å²) in [5, 5.41) is 0. The summed E-state index contributed by atoms with van der Waals surface area (Å²) in [7, 11) is 3.22. The first-order valence-corrected chi connectivity index (χ1v) is 8.87. The molecule has 2 aliphatic carbocycles. The average molecular weight is 350 g/mol. The van der Waals surface area contributed by atoms with Crippen LogP contribution >= 0.6 is 0 Å². The molecular weight excluding hydrogens is 324 g/mol. The number of methoxy groups -OCH3 is 2. The second-order valence-electron chi connectivity index (χ2n) is 8.80. The topological polar surface area (TPSA) is 71.1 Å². The molecule has 1 saturated carbocycles. The molecule has 4 aliphatic rings. The first-order valence-electron chi connectivity index (χ1n) is 8.87. The zero-order valence-electron chi connectivity index (χ0n) is 15.4. The van der Waals surface area contributed by atoms with Crippen LogP contribution < -0.4 is 0 Å². The number of esters is 1. The van der Waals surface area contributed by atoms with Crippen molar-refractivity contribution in [2.24, 2.45) is 28.1 Å². The predicted molar refractivity (Wildman–Crippen MR) is 87.2 cm³/mol. The standard InChI is InChI=1S/C19H26O6/c1-17(2,3)11-8-12-18(7-6-10(20)14(18)15(21)24-12)19(11)9-13(22-4)25-16(19)23-5/h6-7,11-14,16H,8-9H2,1-5H3/t11-,12+,13-,14-,16+,18?,19?/m0/s1. The largest absolute Gasteiger partial charge is 0.461 e. The lowest BCUT2D eigenvalue weighted by molar-refractivity contribution is -0.226. The Balaban J connectivity index is 1.94. The molecule has 6 nitrogen and oxygen atoms in total. The van der Waals surface area contributed by atoms with E-state index in [1.54, 1.807) is 20.3 Å². The Morgan fingerprint density at radius 3 is 2.52 bits per heavy atom. The molecule has 0 bridgehead atoms. The van der Waals surface area contributed by atoms with Crippen LogP contribution in [0.15, 0.2) is 12.2 Å². The lowest BCUT2D eigenvalue weighted by Crippen LogP contribution is -2.54. The van der Waals surface area contributed by atoms with Crippen molar-refractivity contribution in [1.29, 1.82) is 0 Å². The maximum Gasteiger partial charge on any atom is 0.318 e. The number of ether oxygens (including phenoxy) is 4. The summed E-state index contributed by atoms with van der Waals surface area (Å²) in [5.74, 6) is -1.22. The summed E-state index contributed by atoms with van der Waals surface area (Å²) in [4.78, 5) is 25.1. The molecule has 138 valence electrons. The Labute approximate surface area is 147 Å². The van der Waals surface area contributed by atoms with E-state index in [4.69, 9.17) is 18.9 Å². The molecule has 25 heavy (non-hydrogen) atoms. The smallest absolute Gasteiger partial charge is 0.318 e. The highest BCUT2D eigenvalue weighted by atomic mass is 16.8. The molecule has 0 aromatic carbocycles. The van der Waals surface area contributed by atoms with Gasteiger partial charge in [0.15, 0.2) is 18.4 Å². The molecular formula is C19H26O6. The second-order valence-corrected chi connectivity index (χ2v) is 8.80. The van der Waals surface area contributed by atoms with Crippen molar-refractivity contribution in [3.8, 4) is 0 Å². The summed E-state index contributed by atoms with van der Waals surface area (Å²) >= 11 is 0. The van der Waals surface area contributed by atoms with Crippen LogP contribution in [0.4, 0.5) is 0 Å². The number of carbonyl (C=O) groups is 2. The van der Waals surface area contributed by atoms with E-state index in [9.17, 15) is 9.59 Å². The Bertz CT molecular complexity index is 649. The Kier molecular flexibility index (Phi) is 3.54. The van der Waals surface area contributed by atoms with Gasteiger partial charge in [-0.1, -0.05) is 26.8 Å². The van der Waals surface area contributed by atoms with Gasteiger partial charge in [-0.25, -0.2) is 0 Å². The van der Waals surface area contributed by atoms with E-state index >= 15 is 0 Å². The molecule has 0 aromatic heterocycles. The molecule has 0 aromatic rings. The van der Waals surface area contributed by atoms with Crippen LogP contribution in [0.1, 0.15) is 33.6 Å². The molecule has 0 amide bonds. The van der Waals surface area contributed by atoms with Crippen molar-refractivity contribution < 1.29 is 28.5 Å². The van der Waals surface area contributed by atoms with E-state index in [1.807, 2.05) is 6.08 Å². The maximum absolute atomic E-state index is 12.5. The van der Waals surface area contributed by atoms with Gasteiger partial charge in [-0.3, -0.25) is 9.59 Å². The second kappa shape index (κ2) is 5.15. The Morgan fingerprint density at radius 1 is 1.20 bits per heavy atom. The van der Waals surface area contributed by atoms with E-state index in [1.165, 1.54) is 0 Å². The number of carbonyl (C=O) groups excluding carboxylic acids is 2.